The van der Waals surface area contributed by atoms with Crippen molar-refractivity contribution >= 4 is 11.7 Å². The van der Waals surface area contributed by atoms with Crippen molar-refractivity contribution in [3.05, 3.63) is 59.9 Å². The van der Waals surface area contributed by atoms with E-state index >= 15 is 0 Å². The van der Waals surface area contributed by atoms with Crippen LogP contribution in [0.5, 0.6) is 11.5 Å². The Morgan fingerprint density at radius 3 is 2.33 bits per heavy atom. The van der Waals surface area contributed by atoms with Crippen molar-refractivity contribution in [2.24, 2.45) is 11.8 Å². The summed E-state index contributed by atoms with van der Waals surface area (Å²) in [6.45, 7) is 3.18. The fraction of sp³-hybridized carbons (Fsp3) is 0.517. The Morgan fingerprint density at radius 2 is 1.61 bits per heavy atom. The molecular weight excluding hydrogens is 459 g/mol. The molecule has 1 amide bonds. The van der Waals surface area contributed by atoms with Crippen LogP contribution in [0.1, 0.15) is 55.3 Å². The van der Waals surface area contributed by atoms with Crippen molar-refractivity contribution in [3.8, 4) is 11.5 Å². The van der Waals surface area contributed by atoms with Gasteiger partial charge in [-0.1, -0.05) is 12.1 Å². The summed E-state index contributed by atoms with van der Waals surface area (Å²) in [5.41, 5.74) is 0.617. The molecule has 0 radical (unpaired) electrons. The first-order valence-electron chi connectivity index (χ1n) is 13.3. The first kappa shape index (κ1) is 24.8. The largest absolute Gasteiger partial charge is 0.485 e. The molecule has 0 spiro atoms. The number of nitrogens with one attached hydrogen (secondary N) is 1. The van der Waals surface area contributed by atoms with E-state index in [9.17, 15) is 14.0 Å². The number of halogens is 1. The Morgan fingerprint density at radius 1 is 0.917 bits per heavy atom. The minimum absolute atomic E-state index is 0.0396. The quantitative estimate of drug-likeness (QED) is 0.569. The van der Waals surface area contributed by atoms with Gasteiger partial charge in [0.25, 0.3) is 5.91 Å². The first-order valence-corrected chi connectivity index (χ1v) is 13.3. The lowest BCUT2D eigenvalue weighted by Crippen LogP contribution is -2.48. The van der Waals surface area contributed by atoms with Crippen molar-refractivity contribution in [2.75, 3.05) is 26.2 Å². The summed E-state index contributed by atoms with van der Waals surface area (Å²) in [6.07, 6.45) is 6.52. The van der Waals surface area contributed by atoms with E-state index in [0.29, 0.717) is 23.0 Å². The van der Waals surface area contributed by atoms with Crippen LogP contribution in [0, 0.1) is 17.7 Å². The smallest absolute Gasteiger partial charge is 0.264 e. The van der Waals surface area contributed by atoms with Gasteiger partial charge in [0.15, 0.2) is 17.3 Å². The third-order valence-electron chi connectivity index (χ3n) is 7.93. The minimum atomic E-state index is -0.601. The van der Waals surface area contributed by atoms with Crippen LogP contribution in [-0.4, -0.2) is 55.0 Å². The number of para-hydroxylation sites is 2. The standard InChI is InChI=1S/C29H35FN2O4/c30-23-9-7-21(8-10-23)28(33)22-14-17-32(18-15-22)16-13-20-5-11-24(12-6-20)31-29(34)27-19-35-25-3-1-2-4-26(25)36-27/h1-4,7-10,20,22,24,27H,5-6,11-19H2,(H,31,34)/t20-,24-,27?. The molecule has 1 N–H and O–H groups in total. The molecule has 2 heterocycles. The van der Waals surface area contributed by atoms with Gasteiger partial charge >= 0.3 is 0 Å². The number of ketones is 1. The molecule has 1 unspecified atom stereocenters. The van der Waals surface area contributed by atoms with Crippen LogP contribution in [0.2, 0.25) is 0 Å². The van der Waals surface area contributed by atoms with Crippen LogP contribution in [0.3, 0.4) is 0 Å². The lowest BCUT2D eigenvalue weighted by atomic mass is 9.83. The van der Waals surface area contributed by atoms with Crippen LogP contribution >= 0.6 is 0 Å². The highest BCUT2D eigenvalue weighted by Crippen LogP contribution is 2.32. The highest BCUT2D eigenvalue weighted by molar-refractivity contribution is 5.97. The van der Waals surface area contributed by atoms with Crippen molar-refractivity contribution in [1.82, 2.24) is 10.2 Å². The molecule has 6 nitrogen and oxygen atoms in total. The second-order valence-corrected chi connectivity index (χ2v) is 10.4. The predicted molar refractivity (Wildman–Crippen MR) is 135 cm³/mol. The highest BCUT2D eigenvalue weighted by Gasteiger charge is 2.31. The molecule has 0 aromatic heterocycles. The van der Waals surface area contributed by atoms with Gasteiger partial charge in [0.2, 0.25) is 6.10 Å². The van der Waals surface area contributed by atoms with Gasteiger partial charge in [0.1, 0.15) is 12.4 Å². The second kappa shape index (κ2) is 11.4. The van der Waals surface area contributed by atoms with Crippen LogP contribution < -0.4 is 14.8 Å². The molecule has 1 saturated heterocycles. The number of nitrogens with zero attached hydrogens (tertiary/aromatic N) is 1. The van der Waals surface area contributed by atoms with Gasteiger partial charge in [-0.3, -0.25) is 9.59 Å². The van der Waals surface area contributed by atoms with Crippen molar-refractivity contribution in [3.63, 3.8) is 0 Å². The molecule has 5 rings (SSSR count). The molecule has 2 aliphatic heterocycles. The summed E-state index contributed by atoms with van der Waals surface area (Å²) in [6, 6.07) is 13.5. The molecule has 3 aliphatic rings. The summed E-state index contributed by atoms with van der Waals surface area (Å²) in [5.74, 6) is 1.77. The molecular formula is C29H35FN2O4. The van der Waals surface area contributed by atoms with Crippen molar-refractivity contribution in [2.45, 2.75) is 57.1 Å². The normalized spacial score (nSPS) is 24.8. The van der Waals surface area contributed by atoms with Crippen molar-refractivity contribution in [1.29, 1.82) is 0 Å². The maximum absolute atomic E-state index is 13.1. The van der Waals surface area contributed by atoms with Crippen LogP contribution in [0.25, 0.3) is 0 Å². The number of fused-ring (bicyclic) bond motifs is 1. The minimum Gasteiger partial charge on any atom is -0.485 e. The molecule has 1 aliphatic carbocycles. The van der Waals surface area contributed by atoms with Gasteiger partial charge < -0.3 is 19.7 Å². The van der Waals surface area contributed by atoms with E-state index in [-0.39, 0.29) is 36.1 Å². The number of amides is 1. The number of benzene rings is 2. The Bertz CT molecular complexity index is 1040. The van der Waals surface area contributed by atoms with E-state index in [1.807, 2.05) is 24.3 Å². The van der Waals surface area contributed by atoms with E-state index in [4.69, 9.17) is 9.47 Å². The topological polar surface area (TPSA) is 67.9 Å². The Balaban J connectivity index is 0.986. The summed E-state index contributed by atoms with van der Waals surface area (Å²) >= 11 is 0. The number of carbonyl (C=O) groups is 2. The molecule has 36 heavy (non-hydrogen) atoms. The summed E-state index contributed by atoms with van der Waals surface area (Å²) in [7, 11) is 0. The number of rotatable bonds is 7. The number of piperidine rings is 1. The van der Waals surface area contributed by atoms with Crippen molar-refractivity contribution < 1.29 is 23.5 Å². The number of hydrogen-bond acceptors (Lipinski definition) is 5. The average Bonchev–Trinajstić information content (AvgIpc) is 2.92. The summed E-state index contributed by atoms with van der Waals surface area (Å²) in [5, 5.41) is 3.17. The number of hydrogen-bond donors (Lipinski definition) is 1. The van der Waals surface area contributed by atoms with Gasteiger partial charge in [0, 0.05) is 17.5 Å². The van der Waals surface area contributed by atoms with Crippen LogP contribution in [0.4, 0.5) is 4.39 Å². The lowest BCUT2D eigenvalue weighted by molar-refractivity contribution is -0.131. The van der Waals surface area contributed by atoms with Gasteiger partial charge in [0.05, 0.1) is 0 Å². The third-order valence-corrected chi connectivity index (χ3v) is 7.93. The maximum Gasteiger partial charge on any atom is 0.264 e. The van der Waals surface area contributed by atoms with Crippen LogP contribution in [0.15, 0.2) is 48.5 Å². The van der Waals surface area contributed by atoms with Crippen LogP contribution in [-0.2, 0) is 4.79 Å². The zero-order valence-electron chi connectivity index (χ0n) is 20.7. The maximum atomic E-state index is 13.1. The lowest BCUT2D eigenvalue weighted by Gasteiger charge is -2.34. The number of Topliss-reactive ketones (excluding diaryl/α,β-unsaturated/α-hetero) is 1. The van der Waals surface area contributed by atoms with Gasteiger partial charge in [-0.2, -0.15) is 0 Å². The fourth-order valence-corrected chi connectivity index (χ4v) is 5.67. The summed E-state index contributed by atoms with van der Waals surface area (Å²) in [4.78, 5) is 27.9. The molecule has 7 heteroatoms. The van der Waals surface area contributed by atoms with E-state index < -0.39 is 6.10 Å². The first-order chi connectivity index (χ1) is 17.5. The second-order valence-electron chi connectivity index (χ2n) is 10.4. The fourth-order valence-electron chi connectivity index (χ4n) is 5.67. The monoisotopic (exact) mass is 494 g/mol. The number of likely N-dealkylation sites (tertiary alicyclic amines) is 1. The van der Waals surface area contributed by atoms with E-state index in [1.165, 1.54) is 12.1 Å². The molecule has 0 bridgehead atoms. The number of carbonyl (C=O) groups excluding carboxylic acids is 2. The zero-order chi connectivity index (χ0) is 24.9. The number of ether oxygens (including phenoxy) is 2. The SMILES string of the molecule is O=C(c1ccc(F)cc1)C1CCN(CC[C@H]2CC[C@H](NC(=O)C3COc4ccccc4O3)CC2)CC1. The molecule has 2 aromatic rings. The van der Waals surface area contributed by atoms with Gasteiger partial charge in [-0.05, 0) is 107 Å². The van der Waals surface area contributed by atoms with E-state index in [0.717, 1.165) is 64.6 Å². The van der Waals surface area contributed by atoms with E-state index in [2.05, 4.69) is 10.2 Å². The Kier molecular flexibility index (Phi) is 7.85. The predicted octanol–water partition coefficient (Wildman–Crippen LogP) is 4.63. The Labute approximate surface area is 212 Å². The van der Waals surface area contributed by atoms with E-state index in [1.54, 1.807) is 12.1 Å². The summed E-state index contributed by atoms with van der Waals surface area (Å²) < 4.78 is 24.6. The average molecular weight is 495 g/mol. The molecule has 1 atom stereocenters. The Hall–Kier alpha value is -2.93. The third kappa shape index (κ3) is 6.06. The van der Waals surface area contributed by atoms with Gasteiger partial charge in [-0.15, -0.1) is 0 Å². The molecule has 2 fully saturated rings. The molecule has 1 saturated carbocycles. The zero-order valence-corrected chi connectivity index (χ0v) is 20.7. The highest BCUT2D eigenvalue weighted by atomic mass is 19.1. The molecule has 2 aromatic carbocycles. The molecule has 192 valence electrons. The van der Waals surface area contributed by atoms with Gasteiger partial charge in [-0.25, -0.2) is 4.39 Å².